The molecule has 0 saturated carbocycles. The van der Waals surface area contributed by atoms with Crippen molar-refractivity contribution in [1.82, 2.24) is 14.3 Å². The number of carbonyl (C=O) groups is 2. The zero-order chi connectivity index (χ0) is 36.1. The van der Waals surface area contributed by atoms with Crippen molar-refractivity contribution in [3.8, 4) is 0 Å². The lowest BCUT2D eigenvalue weighted by atomic mass is 10.1. The molecule has 3 N–H and O–H groups in total. The number of hydrogen-bond donors (Lipinski definition) is 3. The first-order valence-electron chi connectivity index (χ1n) is 14.6. The predicted octanol–water partition coefficient (Wildman–Crippen LogP) is 1.41. The molecule has 5 atom stereocenters. The van der Waals surface area contributed by atoms with Gasteiger partial charge in [0.15, 0.2) is 11.8 Å². The fourth-order valence-electron chi connectivity index (χ4n) is 4.20. The molecular formula is C27H35N3O17P2. The third-order valence-corrected chi connectivity index (χ3v) is 9.78. The van der Waals surface area contributed by atoms with Crippen LogP contribution in [0.25, 0.3) is 11.0 Å². The lowest BCUT2D eigenvalue weighted by molar-refractivity contribution is -0.157. The Hall–Kier alpha value is -3.55. The SMILES string of the molecule is CC(C)C(=O)OCOP(=O)(OCOC(=O)C(C)C)OP(=O)(O)OC[C@H]1O[C@@H](n2ccc(=O)n(Cc3noc4ccccc34)c2=O)[C@@H](O)C1O. The van der Waals surface area contributed by atoms with Crippen molar-refractivity contribution in [2.75, 3.05) is 20.2 Å². The number of nitrogens with zero attached hydrogens (tertiary/aromatic N) is 3. The van der Waals surface area contributed by atoms with Crippen LogP contribution >= 0.6 is 15.6 Å². The molecule has 49 heavy (non-hydrogen) atoms. The maximum absolute atomic E-state index is 13.3. The van der Waals surface area contributed by atoms with E-state index in [1.54, 1.807) is 24.3 Å². The normalized spacial score (nSPS) is 20.9. The maximum Gasteiger partial charge on any atom is 0.489 e. The van der Waals surface area contributed by atoms with Crippen LogP contribution in [0.2, 0.25) is 0 Å². The van der Waals surface area contributed by atoms with E-state index in [9.17, 15) is 43.4 Å². The molecule has 0 aliphatic carbocycles. The summed E-state index contributed by atoms with van der Waals surface area (Å²) in [6, 6.07) is 7.77. The van der Waals surface area contributed by atoms with Gasteiger partial charge in [0, 0.05) is 17.6 Å². The van der Waals surface area contributed by atoms with E-state index in [0.29, 0.717) is 11.0 Å². The minimum atomic E-state index is -5.44. The summed E-state index contributed by atoms with van der Waals surface area (Å²) in [6.07, 6.45) is -5.80. The summed E-state index contributed by atoms with van der Waals surface area (Å²) in [5.41, 5.74) is -0.982. The number of rotatable bonds is 16. The molecule has 1 aliphatic heterocycles. The van der Waals surface area contributed by atoms with Gasteiger partial charge < -0.3 is 33.8 Å². The highest BCUT2D eigenvalue weighted by atomic mass is 31.3. The van der Waals surface area contributed by atoms with Gasteiger partial charge in [0.1, 0.15) is 24.0 Å². The first-order valence-corrected chi connectivity index (χ1v) is 17.6. The quantitative estimate of drug-likeness (QED) is 0.107. The molecule has 1 aromatic carbocycles. The molecule has 0 amide bonds. The number of aliphatic hydroxyl groups is 2. The molecular weight excluding hydrogens is 700 g/mol. The number of phosphoric ester groups is 2. The Morgan fingerprint density at radius 1 is 0.939 bits per heavy atom. The minimum Gasteiger partial charge on any atom is -0.438 e. The molecule has 20 nitrogen and oxygen atoms in total. The zero-order valence-corrected chi connectivity index (χ0v) is 28.3. The second kappa shape index (κ2) is 16.0. The number of hydrogen-bond acceptors (Lipinski definition) is 17. The lowest BCUT2D eigenvalue weighted by Crippen LogP contribution is -2.43. The Labute approximate surface area is 277 Å². The van der Waals surface area contributed by atoms with Crippen molar-refractivity contribution < 1.29 is 70.4 Å². The van der Waals surface area contributed by atoms with Gasteiger partial charge in [-0.3, -0.25) is 28.0 Å². The van der Waals surface area contributed by atoms with Gasteiger partial charge in [-0.25, -0.2) is 23.0 Å². The third-order valence-electron chi connectivity index (χ3n) is 6.84. The number of esters is 2. The van der Waals surface area contributed by atoms with Crippen LogP contribution in [-0.4, -0.2) is 79.8 Å². The lowest BCUT2D eigenvalue weighted by Gasteiger charge is -2.22. The molecule has 0 radical (unpaired) electrons. The molecule has 0 bridgehead atoms. The molecule has 3 heterocycles. The van der Waals surface area contributed by atoms with Crippen LogP contribution in [-0.2, 0) is 57.4 Å². The Bertz CT molecular complexity index is 1820. The molecule has 2 aromatic heterocycles. The van der Waals surface area contributed by atoms with Gasteiger partial charge in [-0.1, -0.05) is 45.0 Å². The smallest absolute Gasteiger partial charge is 0.438 e. The van der Waals surface area contributed by atoms with Gasteiger partial charge in [0.2, 0.25) is 13.6 Å². The van der Waals surface area contributed by atoms with Crippen LogP contribution in [0.4, 0.5) is 0 Å². The number of fused-ring (bicyclic) bond motifs is 1. The molecule has 270 valence electrons. The van der Waals surface area contributed by atoms with Gasteiger partial charge in [-0.05, 0) is 12.1 Å². The van der Waals surface area contributed by atoms with Crippen molar-refractivity contribution >= 4 is 38.6 Å². The van der Waals surface area contributed by atoms with Crippen LogP contribution in [0.1, 0.15) is 39.6 Å². The van der Waals surface area contributed by atoms with E-state index in [1.807, 2.05) is 0 Å². The molecule has 3 aromatic rings. The van der Waals surface area contributed by atoms with Gasteiger partial charge in [0.25, 0.3) is 5.56 Å². The van der Waals surface area contributed by atoms with Crippen LogP contribution in [0.3, 0.4) is 0 Å². The monoisotopic (exact) mass is 735 g/mol. The van der Waals surface area contributed by atoms with Crippen molar-refractivity contribution in [3.63, 3.8) is 0 Å². The van der Waals surface area contributed by atoms with Gasteiger partial charge in [-0.15, -0.1) is 0 Å². The zero-order valence-electron chi connectivity index (χ0n) is 26.5. The first-order chi connectivity index (χ1) is 23.0. The number of ether oxygens (including phenoxy) is 3. The van der Waals surface area contributed by atoms with Gasteiger partial charge in [-0.2, -0.15) is 4.31 Å². The fraction of sp³-hybridized carbons (Fsp3) is 0.519. The molecule has 1 aliphatic rings. The van der Waals surface area contributed by atoms with E-state index in [-0.39, 0.29) is 12.2 Å². The Kier molecular flexibility index (Phi) is 12.5. The molecule has 4 rings (SSSR count). The van der Waals surface area contributed by atoms with Crippen LogP contribution in [0.5, 0.6) is 0 Å². The molecule has 2 unspecified atom stereocenters. The first kappa shape index (κ1) is 38.3. The van der Waals surface area contributed by atoms with Gasteiger partial charge in [0.05, 0.1) is 25.0 Å². The van der Waals surface area contributed by atoms with E-state index in [2.05, 4.69) is 9.47 Å². The van der Waals surface area contributed by atoms with Crippen molar-refractivity contribution in [1.29, 1.82) is 0 Å². The second-order valence-electron chi connectivity index (χ2n) is 11.1. The average molecular weight is 736 g/mol. The predicted molar refractivity (Wildman–Crippen MR) is 162 cm³/mol. The Balaban J connectivity index is 1.44. The van der Waals surface area contributed by atoms with E-state index >= 15 is 0 Å². The summed E-state index contributed by atoms with van der Waals surface area (Å²) < 4.78 is 66.7. The summed E-state index contributed by atoms with van der Waals surface area (Å²) in [6.45, 7) is 2.54. The van der Waals surface area contributed by atoms with Crippen molar-refractivity contribution in [2.24, 2.45) is 11.8 Å². The maximum atomic E-state index is 13.3. The number of aromatic nitrogens is 3. The Morgan fingerprint density at radius 2 is 1.55 bits per heavy atom. The summed E-state index contributed by atoms with van der Waals surface area (Å²) in [5, 5.41) is 25.8. The topological polar surface area (TPSA) is 264 Å². The van der Waals surface area contributed by atoms with Crippen LogP contribution < -0.4 is 11.2 Å². The highest BCUT2D eigenvalue weighted by molar-refractivity contribution is 7.61. The number of phosphoric acid groups is 2. The standard InChI is InChI=1S/C27H35N3O17P2/c1-15(2)25(34)40-13-43-49(39,44-14-41-26(35)16(3)4)47-48(37,38)42-12-20-22(32)23(33)24(45-20)29-10-9-21(31)30(27(29)36)11-18-17-7-5-6-8-19(17)46-28-18/h5-10,15-16,20,22-24,32-33H,11-14H2,1-4H3,(H,37,38)/t20-,22?,23+,24-/m1/s1. The van der Waals surface area contributed by atoms with E-state index in [1.165, 1.54) is 27.7 Å². The number of para-hydroxylation sites is 1. The van der Waals surface area contributed by atoms with Crippen LogP contribution in [0.15, 0.2) is 50.6 Å². The largest absolute Gasteiger partial charge is 0.489 e. The van der Waals surface area contributed by atoms with E-state index in [0.717, 1.165) is 21.4 Å². The molecule has 0 spiro atoms. The molecule has 1 fully saturated rings. The highest BCUT2D eigenvalue weighted by Crippen LogP contribution is 2.63. The average Bonchev–Trinajstić information content (AvgIpc) is 3.57. The van der Waals surface area contributed by atoms with Gasteiger partial charge >= 0.3 is 33.3 Å². The van der Waals surface area contributed by atoms with Crippen molar-refractivity contribution in [2.45, 2.75) is 58.8 Å². The summed E-state index contributed by atoms with van der Waals surface area (Å²) in [5.74, 6) is -2.81. The fourth-order valence-corrected chi connectivity index (χ4v) is 6.55. The third kappa shape index (κ3) is 9.58. The minimum absolute atomic E-state index is 0.270. The summed E-state index contributed by atoms with van der Waals surface area (Å²) in [7, 11) is -10.6. The van der Waals surface area contributed by atoms with E-state index in [4.69, 9.17) is 32.3 Å². The number of benzene rings is 1. The summed E-state index contributed by atoms with van der Waals surface area (Å²) >= 11 is 0. The second-order valence-corrected chi connectivity index (χ2v) is 14.4. The van der Waals surface area contributed by atoms with Crippen LogP contribution in [0, 0.1) is 11.8 Å². The highest BCUT2D eigenvalue weighted by Gasteiger charge is 2.47. The van der Waals surface area contributed by atoms with E-state index < -0.39 is 95.4 Å². The summed E-state index contributed by atoms with van der Waals surface area (Å²) in [4.78, 5) is 59.7. The van der Waals surface area contributed by atoms with Crippen molar-refractivity contribution in [3.05, 3.63) is 63.1 Å². The Morgan fingerprint density at radius 3 is 2.16 bits per heavy atom. The molecule has 22 heteroatoms. The molecule has 1 saturated heterocycles. The number of carbonyl (C=O) groups excluding carboxylic acids is 2. The number of aliphatic hydroxyl groups excluding tert-OH is 2.